The van der Waals surface area contributed by atoms with Gasteiger partial charge in [0.25, 0.3) is 0 Å². The number of allylic oxidation sites excluding steroid dienone is 1. The van der Waals surface area contributed by atoms with Gasteiger partial charge in [-0.1, -0.05) is 43.0 Å². The highest BCUT2D eigenvalue weighted by Crippen LogP contribution is 2.38. The Kier molecular flexibility index (Phi) is 11.2. The normalized spacial score (nSPS) is 20.9. The van der Waals surface area contributed by atoms with Crippen molar-refractivity contribution in [2.75, 3.05) is 46.2 Å². The van der Waals surface area contributed by atoms with E-state index in [2.05, 4.69) is 6.58 Å². The summed E-state index contributed by atoms with van der Waals surface area (Å²) >= 11 is 0. The molecule has 0 bridgehead atoms. The predicted molar refractivity (Wildman–Crippen MR) is 112 cm³/mol. The summed E-state index contributed by atoms with van der Waals surface area (Å²) in [6.45, 7) is 7.69. The zero-order valence-corrected chi connectivity index (χ0v) is 17.5. The molecule has 0 unspecified atom stereocenters. The molecule has 0 aliphatic carbocycles. The lowest BCUT2D eigenvalue weighted by Gasteiger charge is -2.36. The zero-order valence-electron chi connectivity index (χ0n) is 17.5. The van der Waals surface area contributed by atoms with Crippen molar-refractivity contribution in [3.05, 3.63) is 60.4 Å². The predicted octanol–water partition coefficient (Wildman–Crippen LogP) is 2.81. The monoisotopic (exact) mass is 420 g/mol. The van der Waals surface area contributed by atoms with Crippen LogP contribution < -0.4 is 0 Å². The van der Waals surface area contributed by atoms with Crippen molar-refractivity contribution in [1.29, 1.82) is 0 Å². The van der Waals surface area contributed by atoms with Crippen LogP contribution in [0.1, 0.15) is 24.8 Å². The second-order valence-electron chi connectivity index (χ2n) is 6.70. The molecule has 3 atom stereocenters. The fourth-order valence-electron chi connectivity index (χ4n) is 3.29. The fourth-order valence-corrected chi connectivity index (χ4v) is 3.29. The molecular formula is C23H32O7. The number of carbonyl (C=O) groups excluding carboxylic acids is 1. The van der Waals surface area contributed by atoms with Gasteiger partial charge in [0.2, 0.25) is 12.0 Å². The molecule has 1 aromatic carbocycles. The maximum atomic E-state index is 12.4. The molecule has 1 aliphatic rings. The highest BCUT2D eigenvalue weighted by molar-refractivity contribution is 5.86. The lowest BCUT2D eigenvalue weighted by atomic mass is 9.81. The first-order valence-electron chi connectivity index (χ1n) is 10.3. The summed E-state index contributed by atoms with van der Waals surface area (Å²) in [5.41, 5.74) is 1.07. The summed E-state index contributed by atoms with van der Waals surface area (Å²) in [5, 5.41) is 8.73. The average molecular weight is 421 g/mol. The van der Waals surface area contributed by atoms with Crippen molar-refractivity contribution in [3.8, 4) is 0 Å². The number of hydrogen-bond acceptors (Lipinski definition) is 7. The summed E-state index contributed by atoms with van der Waals surface area (Å²) in [4.78, 5) is 12.4. The summed E-state index contributed by atoms with van der Waals surface area (Å²) in [7, 11) is 0. The Bertz CT molecular complexity index is 659. The van der Waals surface area contributed by atoms with Gasteiger partial charge in [0.15, 0.2) is 0 Å². The van der Waals surface area contributed by atoms with Gasteiger partial charge in [-0.3, -0.25) is 0 Å². The number of aliphatic hydroxyl groups is 1. The first-order valence-corrected chi connectivity index (χ1v) is 10.3. The second-order valence-corrected chi connectivity index (χ2v) is 6.70. The third kappa shape index (κ3) is 7.57. The van der Waals surface area contributed by atoms with Gasteiger partial charge in [-0.05, 0) is 25.0 Å². The van der Waals surface area contributed by atoms with E-state index in [1.165, 1.54) is 6.08 Å². The van der Waals surface area contributed by atoms with E-state index >= 15 is 0 Å². The molecule has 1 N–H and O–H groups in total. The van der Waals surface area contributed by atoms with Crippen LogP contribution in [0, 0.1) is 5.92 Å². The van der Waals surface area contributed by atoms with Gasteiger partial charge in [-0.15, -0.1) is 0 Å². The number of ether oxygens (including phenoxy) is 5. The van der Waals surface area contributed by atoms with Gasteiger partial charge >= 0.3 is 5.97 Å². The van der Waals surface area contributed by atoms with E-state index in [0.29, 0.717) is 39.5 Å². The smallest absolute Gasteiger partial charge is 0.373 e. The number of rotatable bonds is 14. The van der Waals surface area contributed by atoms with E-state index in [1.807, 2.05) is 43.3 Å². The lowest BCUT2D eigenvalue weighted by molar-refractivity contribution is -0.176. The van der Waals surface area contributed by atoms with Crippen molar-refractivity contribution in [2.45, 2.75) is 25.6 Å². The molecule has 0 fully saturated rings. The van der Waals surface area contributed by atoms with Gasteiger partial charge < -0.3 is 28.8 Å². The van der Waals surface area contributed by atoms with Gasteiger partial charge in [0.1, 0.15) is 6.61 Å². The lowest BCUT2D eigenvalue weighted by Crippen LogP contribution is -2.37. The molecular weight excluding hydrogens is 388 g/mol. The quantitative estimate of drug-likeness (QED) is 0.281. The largest absolute Gasteiger partial charge is 0.457 e. The van der Waals surface area contributed by atoms with Crippen LogP contribution >= 0.6 is 0 Å². The molecule has 7 nitrogen and oxygen atoms in total. The van der Waals surface area contributed by atoms with Gasteiger partial charge in [-0.2, -0.15) is 0 Å². The Labute approximate surface area is 178 Å². The topological polar surface area (TPSA) is 83.5 Å². The van der Waals surface area contributed by atoms with Crippen LogP contribution in [0.15, 0.2) is 54.8 Å². The highest BCUT2D eigenvalue weighted by Gasteiger charge is 2.38. The Hall–Kier alpha value is -2.19. The van der Waals surface area contributed by atoms with Crippen LogP contribution in [0.4, 0.5) is 0 Å². The van der Waals surface area contributed by atoms with Crippen LogP contribution in [0.3, 0.4) is 0 Å². The second kappa shape index (κ2) is 13.9. The minimum absolute atomic E-state index is 0.00188. The van der Waals surface area contributed by atoms with Crippen molar-refractivity contribution in [1.82, 2.24) is 0 Å². The number of aliphatic hydroxyl groups excluding tert-OH is 1. The van der Waals surface area contributed by atoms with Crippen LogP contribution in [-0.2, 0) is 28.5 Å². The molecule has 1 aliphatic heterocycles. The molecule has 0 radical (unpaired) electrons. The average Bonchev–Trinajstić information content (AvgIpc) is 2.78. The first kappa shape index (κ1) is 24.1. The van der Waals surface area contributed by atoms with Crippen molar-refractivity contribution in [3.63, 3.8) is 0 Å². The van der Waals surface area contributed by atoms with Crippen LogP contribution in [-0.4, -0.2) is 63.6 Å². The third-order valence-electron chi connectivity index (χ3n) is 4.64. The Balaban J connectivity index is 2.12. The molecule has 1 heterocycles. The SMILES string of the molecule is C=CCOC(=O)C1=C[C@@H](c2ccccc2)[C@H](CCOCCOCCO)[C@@H](OCC)O1. The minimum atomic E-state index is -0.592. The van der Waals surface area contributed by atoms with E-state index in [0.717, 1.165) is 5.56 Å². The van der Waals surface area contributed by atoms with Crippen molar-refractivity contribution >= 4 is 5.97 Å². The molecule has 166 valence electrons. The summed E-state index contributed by atoms with van der Waals surface area (Å²) in [6, 6.07) is 9.94. The highest BCUT2D eigenvalue weighted by atomic mass is 16.7. The number of benzene rings is 1. The Morgan fingerprint density at radius 1 is 1.17 bits per heavy atom. The maximum Gasteiger partial charge on any atom is 0.373 e. The van der Waals surface area contributed by atoms with E-state index in [9.17, 15) is 4.79 Å². The molecule has 0 spiro atoms. The zero-order chi connectivity index (χ0) is 21.6. The molecule has 2 rings (SSSR count). The van der Waals surface area contributed by atoms with Crippen molar-refractivity contribution in [2.24, 2.45) is 5.92 Å². The molecule has 1 aromatic rings. The standard InChI is InChI=1S/C23H32O7/c1-3-12-29-22(25)21-17-20(18-8-6-5-7-9-18)19(23(30-21)28-4-2)10-13-26-15-16-27-14-11-24/h3,5-9,17,19-20,23-24H,1,4,10-16H2,2H3/t19-,20-,23-/m0/s1. The van der Waals surface area contributed by atoms with E-state index in [-0.39, 0.29) is 30.8 Å². The Morgan fingerprint density at radius 2 is 1.90 bits per heavy atom. The van der Waals surface area contributed by atoms with E-state index in [1.54, 1.807) is 0 Å². The molecule has 0 saturated heterocycles. The van der Waals surface area contributed by atoms with E-state index in [4.69, 9.17) is 28.8 Å². The number of esters is 1. The fraction of sp³-hybridized carbons (Fsp3) is 0.522. The third-order valence-corrected chi connectivity index (χ3v) is 4.64. The van der Waals surface area contributed by atoms with E-state index < -0.39 is 12.3 Å². The molecule has 30 heavy (non-hydrogen) atoms. The summed E-state index contributed by atoms with van der Waals surface area (Å²) < 4.78 is 27.8. The van der Waals surface area contributed by atoms with Gasteiger partial charge in [0, 0.05) is 25.0 Å². The van der Waals surface area contributed by atoms with Gasteiger partial charge in [0.05, 0.1) is 26.4 Å². The molecule has 0 saturated carbocycles. The number of hydrogen-bond donors (Lipinski definition) is 1. The minimum Gasteiger partial charge on any atom is -0.457 e. The maximum absolute atomic E-state index is 12.4. The molecule has 0 amide bonds. The van der Waals surface area contributed by atoms with Crippen LogP contribution in [0.5, 0.6) is 0 Å². The number of carbonyl (C=O) groups is 1. The van der Waals surface area contributed by atoms with Crippen LogP contribution in [0.2, 0.25) is 0 Å². The van der Waals surface area contributed by atoms with Crippen molar-refractivity contribution < 1.29 is 33.6 Å². The Morgan fingerprint density at radius 3 is 2.57 bits per heavy atom. The summed E-state index contributed by atoms with van der Waals surface area (Å²) in [6.07, 6.45) is 3.41. The van der Waals surface area contributed by atoms with Crippen LogP contribution in [0.25, 0.3) is 0 Å². The summed E-state index contributed by atoms with van der Waals surface area (Å²) in [5.74, 6) is -0.506. The molecule has 0 aromatic heterocycles. The molecule has 7 heteroatoms. The first-order chi connectivity index (χ1) is 14.7. The van der Waals surface area contributed by atoms with Gasteiger partial charge in [-0.25, -0.2) is 4.79 Å².